The summed E-state index contributed by atoms with van der Waals surface area (Å²) in [5.41, 5.74) is 1.47. The zero-order valence-electron chi connectivity index (χ0n) is 14.0. The molecule has 0 fully saturated rings. The molecule has 2 nitrogen and oxygen atoms in total. The topological polar surface area (TPSA) is 18.5 Å². The van der Waals surface area contributed by atoms with Gasteiger partial charge in [-0.1, -0.05) is 30.3 Å². The molecule has 0 aromatic heterocycles. The number of benzene rings is 1. The van der Waals surface area contributed by atoms with Crippen LogP contribution in [0.2, 0.25) is 0 Å². The first-order chi connectivity index (χ1) is 10.2. The Bertz CT molecular complexity index is 343. The maximum atomic E-state index is 5.23. The van der Waals surface area contributed by atoms with Crippen LogP contribution >= 0.6 is 10.0 Å². The standard InChI is InChI=1S/C18H32O2S/c1-19-13-8-16-21(3,17-9-14-20-2)15-7-12-18-10-5-4-6-11-18/h4-6,10-11H,7-9,12-17H2,1-3H3. The van der Waals surface area contributed by atoms with Gasteiger partial charge in [0.25, 0.3) is 0 Å². The molecule has 0 heterocycles. The van der Waals surface area contributed by atoms with Gasteiger partial charge < -0.3 is 9.47 Å². The van der Waals surface area contributed by atoms with Crippen molar-refractivity contribution < 1.29 is 9.47 Å². The van der Waals surface area contributed by atoms with Crippen molar-refractivity contribution in [3.05, 3.63) is 35.9 Å². The van der Waals surface area contributed by atoms with Crippen LogP contribution in [0.5, 0.6) is 0 Å². The average molecular weight is 313 g/mol. The van der Waals surface area contributed by atoms with Crippen LogP contribution in [0.15, 0.2) is 30.3 Å². The quantitative estimate of drug-likeness (QED) is 0.540. The van der Waals surface area contributed by atoms with Gasteiger partial charge in [-0.15, -0.1) is 0 Å². The third-order valence-electron chi connectivity index (χ3n) is 3.92. The van der Waals surface area contributed by atoms with Crippen LogP contribution in [0.3, 0.4) is 0 Å². The highest BCUT2D eigenvalue weighted by Gasteiger charge is 2.17. The van der Waals surface area contributed by atoms with Crippen molar-refractivity contribution in [1.82, 2.24) is 0 Å². The van der Waals surface area contributed by atoms with E-state index in [9.17, 15) is 0 Å². The normalized spacial score (nSPS) is 12.5. The summed E-state index contributed by atoms with van der Waals surface area (Å²) in [6, 6.07) is 10.8. The number of hydrogen-bond acceptors (Lipinski definition) is 2. The van der Waals surface area contributed by atoms with Crippen molar-refractivity contribution in [2.75, 3.05) is 50.9 Å². The van der Waals surface area contributed by atoms with Crippen LogP contribution in [-0.4, -0.2) is 50.9 Å². The minimum atomic E-state index is -0.514. The highest BCUT2D eigenvalue weighted by molar-refractivity contribution is 8.33. The predicted molar refractivity (Wildman–Crippen MR) is 95.9 cm³/mol. The van der Waals surface area contributed by atoms with E-state index in [0.29, 0.717) is 0 Å². The van der Waals surface area contributed by atoms with E-state index in [-0.39, 0.29) is 0 Å². The largest absolute Gasteiger partial charge is 0.385 e. The van der Waals surface area contributed by atoms with E-state index in [0.717, 1.165) is 13.2 Å². The highest BCUT2D eigenvalue weighted by Crippen LogP contribution is 2.46. The zero-order chi connectivity index (χ0) is 15.4. The molecule has 1 rings (SSSR count). The van der Waals surface area contributed by atoms with Gasteiger partial charge >= 0.3 is 0 Å². The minimum absolute atomic E-state index is 0.514. The predicted octanol–water partition coefficient (Wildman–Crippen LogP) is 4.13. The number of rotatable bonds is 12. The van der Waals surface area contributed by atoms with E-state index in [1.807, 2.05) is 0 Å². The van der Waals surface area contributed by atoms with E-state index in [1.165, 1.54) is 48.5 Å². The molecule has 0 radical (unpaired) electrons. The average Bonchev–Trinajstić information content (AvgIpc) is 2.49. The van der Waals surface area contributed by atoms with E-state index in [1.54, 1.807) is 14.2 Å². The van der Waals surface area contributed by atoms with E-state index in [4.69, 9.17) is 9.47 Å². The van der Waals surface area contributed by atoms with Gasteiger partial charge in [-0.2, -0.15) is 0 Å². The van der Waals surface area contributed by atoms with Gasteiger partial charge in [0.1, 0.15) is 0 Å². The van der Waals surface area contributed by atoms with E-state index < -0.39 is 10.0 Å². The smallest absolute Gasteiger partial charge is 0.0469 e. The minimum Gasteiger partial charge on any atom is -0.385 e. The summed E-state index contributed by atoms with van der Waals surface area (Å²) in [6.07, 6.45) is 7.42. The molecule has 0 saturated heterocycles. The Hall–Kier alpha value is -0.510. The Labute approximate surface area is 132 Å². The third-order valence-corrected chi connectivity index (χ3v) is 7.74. The highest BCUT2D eigenvalue weighted by atomic mass is 32.3. The summed E-state index contributed by atoms with van der Waals surface area (Å²) in [6.45, 7) is 1.79. The molecule has 3 heteroatoms. The zero-order valence-corrected chi connectivity index (χ0v) is 14.8. The van der Waals surface area contributed by atoms with Crippen LogP contribution in [-0.2, 0) is 15.9 Å². The second-order valence-corrected chi connectivity index (χ2v) is 10.1. The molecule has 0 N–H and O–H groups in total. The van der Waals surface area contributed by atoms with E-state index in [2.05, 4.69) is 36.6 Å². The van der Waals surface area contributed by atoms with Crippen LogP contribution in [0.4, 0.5) is 0 Å². The Kier molecular flexibility index (Phi) is 9.81. The van der Waals surface area contributed by atoms with Gasteiger partial charge in [0, 0.05) is 27.4 Å². The SMILES string of the molecule is COCCCS(C)(CCCOC)CCCc1ccccc1. The summed E-state index contributed by atoms with van der Waals surface area (Å²) >= 11 is 0. The lowest BCUT2D eigenvalue weighted by atomic mass is 10.1. The fourth-order valence-corrected chi connectivity index (χ4v) is 5.76. The summed E-state index contributed by atoms with van der Waals surface area (Å²) in [5.74, 6) is 4.04. The summed E-state index contributed by atoms with van der Waals surface area (Å²) in [4.78, 5) is 0. The summed E-state index contributed by atoms with van der Waals surface area (Å²) in [5, 5.41) is 0. The summed E-state index contributed by atoms with van der Waals surface area (Å²) in [7, 11) is 3.08. The van der Waals surface area contributed by atoms with Gasteiger partial charge in [0.05, 0.1) is 0 Å². The molecule has 0 bridgehead atoms. The van der Waals surface area contributed by atoms with Gasteiger partial charge in [-0.05, 0) is 54.8 Å². The molecule has 0 unspecified atom stereocenters. The third kappa shape index (κ3) is 8.50. The van der Waals surface area contributed by atoms with Crippen molar-refractivity contribution in [1.29, 1.82) is 0 Å². The first kappa shape index (κ1) is 18.5. The van der Waals surface area contributed by atoms with Gasteiger partial charge in [-0.3, -0.25) is 0 Å². The number of hydrogen-bond donors (Lipinski definition) is 0. The lowest BCUT2D eigenvalue weighted by Crippen LogP contribution is -2.15. The number of ether oxygens (including phenoxy) is 2. The lowest BCUT2D eigenvalue weighted by Gasteiger charge is -2.36. The first-order valence-electron chi connectivity index (χ1n) is 7.93. The molecule has 122 valence electrons. The molecule has 0 aliphatic rings. The molecule has 0 aliphatic carbocycles. The Morgan fingerprint density at radius 3 is 1.86 bits per heavy atom. The molecular formula is C18H32O2S. The maximum absolute atomic E-state index is 5.23. The van der Waals surface area contributed by atoms with Crippen molar-refractivity contribution in [3.8, 4) is 0 Å². The van der Waals surface area contributed by atoms with Crippen molar-refractivity contribution in [3.63, 3.8) is 0 Å². The van der Waals surface area contributed by atoms with Crippen LogP contribution in [0, 0.1) is 0 Å². The van der Waals surface area contributed by atoms with Crippen molar-refractivity contribution in [2.24, 2.45) is 0 Å². The first-order valence-corrected chi connectivity index (χ1v) is 10.5. The van der Waals surface area contributed by atoms with Gasteiger partial charge in [0.15, 0.2) is 0 Å². The number of aryl methyl sites for hydroxylation is 1. The second-order valence-electron chi connectivity index (χ2n) is 5.87. The number of methoxy groups -OCH3 is 2. The van der Waals surface area contributed by atoms with Crippen LogP contribution in [0.1, 0.15) is 24.8 Å². The monoisotopic (exact) mass is 312 g/mol. The molecule has 0 atom stereocenters. The Balaban J connectivity index is 2.39. The lowest BCUT2D eigenvalue weighted by molar-refractivity contribution is 0.198. The fourth-order valence-electron chi connectivity index (χ4n) is 2.68. The molecule has 1 aromatic rings. The van der Waals surface area contributed by atoms with Crippen molar-refractivity contribution >= 4 is 10.0 Å². The Morgan fingerprint density at radius 2 is 1.33 bits per heavy atom. The molecule has 0 amide bonds. The van der Waals surface area contributed by atoms with Crippen LogP contribution in [0.25, 0.3) is 0 Å². The molecule has 0 spiro atoms. The molecule has 1 aromatic carbocycles. The summed E-state index contributed by atoms with van der Waals surface area (Å²) < 4.78 is 10.5. The fraction of sp³-hybridized carbons (Fsp3) is 0.667. The Morgan fingerprint density at radius 1 is 0.810 bits per heavy atom. The maximum Gasteiger partial charge on any atom is 0.0469 e. The molecule has 21 heavy (non-hydrogen) atoms. The van der Waals surface area contributed by atoms with Gasteiger partial charge in [-0.25, -0.2) is 10.0 Å². The van der Waals surface area contributed by atoms with Crippen molar-refractivity contribution in [2.45, 2.75) is 25.7 Å². The molecule has 0 aliphatic heterocycles. The second kappa shape index (κ2) is 11.1. The van der Waals surface area contributed by atoms with E-state index >= 15 is 0 Å². The molecule has 0 saturated carbocycles. The molecular weight excluding hydrogens is 280 g/mol. The van der Waals surface area contributed by atoms with Crippen LogP contribution < -0.4 is 0 Å². The van der Waals surface area contributed by atoms with Gasteiger partial charge in [0.2, 0.25) is 0 Å².